The van der Waals surface area contributed by atoms with Crippen LogP contribution in [0.25, 0.3) is 0 Å². The molecule has 112 valence electrons. The van der Waals surface area contributed by atoms with Crippen molar-refractivity contribution >= 4 is 17.2 Å². The minimum atomic E-state index is -0.535. The first-order valence-electron chi connectivity index (χ1n) is 7.46. The molecule has 20 heavy (non-hydrogen) atoms. The van der Waals surface area contributed by atoms with Crippen molar-refractivity contribution in [2.75, 3.05) is 19.6 Å². The molecule has 1 unspecified atom stereocenters. The van der Waals surface area contributed by atoms with Crippen LogP contribution >= 0.6 is 11.3 Å². The average Bonchev–Trinajstić information content (AvgIpc) is 2.85. The molecular formula is C15H25N3OS. The number of carbonyl (C=O) groups is 1. The maximum absolute atomic E-state index is 12.0. The maximum atomic E-state index is 12.0. The summed E-state index contributed by atoms with van der Waals surface area (Å²) >= 11 is 1.71. The van der Waals surface area contributed by atoms with E-state index in [2.05, 4.69) is 28.6 Å². The van der Waals surface area contributed by atoms with Gasteiger partial charge in [-0.3, -0.25) is 10.1 Å². The van der Waals surface area contributed by atoms with Crippen molar-refractivity contribution in [1.82, 2.24) is 10.2 Å². The number of hydrogen-bond acceptors (Lipinski definition) is 4. The third kappa shape index (κ3) is 3.81. The fraction of sp³-hybridized carbons (Fsp3) is 0.667. The van der Waals surface area contributed by atoms with Crippen LogP contribution in [0.5, 0.6) is 0 Å². The van der Waals surface area contributed by atoms with Gasteiger partial charge in [-0.05, 0) is 50.2 Å². The molecule has 1 aliphatic rings. The zero-order valence-electron chi connectivity index (χ0n) is 12.2. The number of nitrogens with two attached hydrogens (primary N) is 1. The van der Waals surface area contributed by atoms with E-state index in [1.807, 2.05) is 6.07 Å². The molecule has 2 rings (SSSR count). The second-order valence-corrected chi connectivity index (χ2v) is 6.61. The predicted molar refractivity (Wildman–Crippen MR) is 83.7 cm³/mol. The number of nitrogens with one attached hydrogen (secondary N) is 1. The number of likely N-dealkylation sites (tertiary alicyclic amines) is 1. The van der Waals surface area contributed by atoms with Crippen molar-refractivity contribution in [2.45, 2.75) is 44.7 Å². The van der Waals surface area contributed by atoms with E-state index in [0.29, 0.717) is 0 Å². The lowest BCUT2D eigenvalue weighted by molar-refractivity contribution is -0.125. The first-order valence-corrected chi connectivity index (χ1v) is 8.34. The zero-order chi connectivity index (χ0) is 14.4. The summed E-state index contributed by atoms with van der Waals surface area (Å²) in [7, 11) is 0. The third-order valence-electron chi connectivity index (χ3n) is 4.13. The van der Waals surface area contributed by atoms with Gasteiger partial charge in [-0.15, -0.1) is 11.3 Å². The number of rotatable bonds is 6. The minimum Gasteiger partial charge on any atom is -0.368 e. The van der Waals surface area contributed by atoms with Crippen LogP contribution < -0.4 is 11.1 Å². The van der Waals surface area contributed by atoms with Gasteiger partial charge >= 0.3 is 0 Å². The van der Waals surface area contributed by atoms with Gasteiger partial charge < -0.3 is 10.6 Å². The average molecular weight is 295 g/mol. The molecule has 0 aliphatic carbocycles. The smallest absolute Gasteiger partial charge is 0.237 e. The Hall–Kier alpha value is -0.910. The van der Waals surface area contributed by atoms with Crippen LogP contribution in [0.4, 0.5) is 0 Å². The lowest BCUT2D eigenvalue weighted by atomic mass is 9.89. The molecule has 1 aromatic rings. The molecule has 1 amide bonds. The largest absolute Gasteiger partial charge is 0.368 e. The Kier molecular flexibility index (Phi) is 5.57. The molecule has 3 N–H and O–H groups in total. The lowest BCUT2D eigenvalue weighted by Crippen LogP contribution is -2.55. The molecule has 1 aromatic heterocycles. The Balaban J connectivity index is 1.99. The van der Waals surface area contributed by atoms with Crippen molar-refractivity contribution in [3.8, 4) is 0 Å². The van der Waals surface area contributed by atoms with Gasteiger partial charge in [0.25, 0.3) is 0 Å². The van der Waals surface area contributed by atoms with E-state index in [1.54, 1.807) is 11.3 Å². The molecule has 5 heteroatoms. The normalized spacial score (nSPS) is 24.4. The van der Waals surface area contributed by atoms with Gasteiger partial charge in [0, 0.05) is 18.0 Å². The third-order valence-corrected chi connectivity index (χ3v) is 5.00. The summed E-state index contributed by atoms with van der Waals surface area (Å²) < 4.78 is 0. The first kappa shape index (κ1) is 15.5. The zero-order valence-corrected chi connectivity index (χ0v) is 13.0. The Morgan fingerprint density at radius 2 is 2.35 bits per heavy atom. The van der Waals surface area contributed by atoms with Crippen LogP contribution in [0.3, 0.4) is 0 Å². The molecule has 1 aliphatic heterocycles. The van der Waals surface area contributed by atoms with E-state index in [0.717, 1.165) is 51.9 Å². The summed E-state index contributed by atoms with van der Waals surface area (Å²) in [5.41, 5.74) is 5.18. The number of nitrogens with zero attached hydrogens (tertiary/aromatic N) is 1. The van der Waals surface area contributed by atoms with Crippen molar-refractivity contribution in [3.05, 3.63) is 22.4 Å². The van der Waals surface area contributed by atoms with Crippen LogP contribution in [-0.2, 0) is 11.3 Å². The van der Waals surface area contributed by atoms with Gasteiger partial charge in [0.15, 0.2) is 0 Å². The lowest BCUT2D eigenvalue weighted by Gasteiger charge is -2.30. The molecule has 4 nitrogen and oxygen atoms in total. The van der Waals surface area contributed by atoms with Gasteiger partial charge in [0.2, 0.25) is 5.91 Å². The standard InChI is InChI=1S/C15H25N3OS/c1-2-8-18-9-4-6-15(7-10-18,14(16)19)17-12-13-5-3-11-20-13/h3,5,11,17H,2,4,6-10,12H2,1H3,(H2,16,19). The topological polar surface area (TPSA) is 58.4 Å². The monoisotopic (exact) mass is 295 g/mol. The molecule has 0 radical (unpaired) electrons. The summed E-state index contributed by atoms with van der Waals surface area (Å²) in [5, 5.41) is 5.51. The highest BCUT2D eigenvalue weighted by Crippen LogP contribution is 2.23. The highest BCUT2D eigenvalue weighted by Gasteiger charge is 2.37. The van der Waals surface area contributed by atoms with E-state index in [-0.39, 0.29) is 5.91 Å². The Labute approximate surface area is 125 Å². The van der Waals surface area contributed by atoms with Gasteiger partial charge in [-0.1, -0.05) is 13.0 Å². The van der Waals surface area contributed by atoms with Gasteiger partial charge in [0.1, 0.15) is 0 Å². The van der Waals surface area contributed by atoms with Crippen molar-refractivity contribution in [1.29, 1.82) is 0 Å². The molecule has 1 saturated heterocycles. The molecule has 1 atom stereocenters. The van der Waals surface area contributed by atoms with E-state index in [1.165, 1.54) is 4.88 Å². The van der Waals surface area contributed by atoms with Crippen LogP contribution in [0.1, 0.15) is 37.5 Å². The molecule has 0 spiro atoms. The molecule has 1 fully saturated rings. The predicted octanol–water partition coefficient (Wildman–Crippen LogP) is 1.96. The fourth-order valence-electron chi connectivity index (χ4n) is 2.91. The first-order chi connectivity index (χ1) is 9.66. The second kappa shape index (κ2) is 7.20. The second-order valence-electron chi connectivity index (χ2n) is 5.57. The number of carbonyl (C=O) groups excluding carboxylic acids is 1. The van der Waals surface area contributed by atoms with E-state index in [9.17, 15) is 4.79 Å². The summed E-state index contributed by atoms with van der Waals surface area (Å²) in [6.07, 6.45) is 3.84. The van der Waals surface area contributed by atoms with Gasteiger partial charge in [-0.25, -0.2) is 0 Å². The van der Waals surface area contributed by atoms with Crippen LogP contribution in [-0.4, -0.2) is 36.0 Å². The van der Waals surface area contributed by atoms with Crippen molar-refractivity contribution < 1.29 is 4.79 Å². The van der Waals surface area contributed by atoms with Gasteiger partial charge in [-0.2, -0.15) is 0 Å². The van der Waals surface area contributed by atoms with Crippen LogP contribution in [0, 0.1) is 0 Å². The molecule has 2 heterocycles. The number of hydrogen-bond donors (Lipinski definition) is 2. The molecule has 0 aromatic carbocycles. The Bertz CT molecular complexity index is 421. The maximum Gasteiger partial charge on any atom is 0.237 e. The SMILES string of the molecule is CCCN1CCCC(NCc2cccs2)(C(N)=O)CC1. The quantitative estimate of drug-likeness (QED) is 0.843. The Morgan fingerprint density at radius 1 is 1.50 bits per heavy atom. The number of amides is 1. The molecule has 0 bridgehead atoms. The molecule has 0 saturated carbocycles. The highest BCUT2D eigenvalue weighted by atomic mass is 32.1. The van der Waals surface area contributed by atoms with Crippen molar-refractivity contribution in [2.24, 2.45) is 5.73 Å². The minimum absolute atomic E-state index is 0.201. The van der Waals surface area contributed by atoms with E-state index < -0.39 is 5.54 Å². The Morgan fingerprint density at radius 3 is 3.00 bits per heavy atom. The van der Waals surface area contributed by atoms with E-state index >= 15 is 0 Å². The van der Waals surface area contributed by atoms with Crippen LogP contribution in [0.2, 0.25) is 0 Å². The van der Waals surface area contributed by atoms with Crippen LogP contribution in [0.15, 0.2) is 17.5 Å². The fourth-order valence-corrected chi connectivity index (χ4v) is 3.55. The summed E-state index contributed by atoms with van der Waals surface area (Å²) in [5.74, 6) is -0.201. The highest BCUT2D eigenvalue weighted by molar-refractivity contribution is 7.09. The van der Waals surface area contributed by atoms with E-state index in [4.69, 9.17) is 5.73 Å². The number of thiophene rings is 1. The summed E-state index contributed by atoms with van der Waals surface area (Å²) in [4.78, 5) is 15.7. The number of primary amides is 1. The summed E-state index contributed by atoms with van der Waals surface area (Å²) in [6.45, 7) is 6.06. The van der Waals surface area contributed by atoms with Gasteiger partial charge in [0.05, 0.1) is 5.54 Å². The summed E-state index contributed by atoms with van der Waals surface area (Å²) in [6, 6.07) is 4.13. The van der Waals surface area contributed by atoms with Crippen molar-refractivity contribution in [3.63, 3.8) is 0 Å². The molecular weight excluding hydrogens is 270 g/mol.